The van der Waals surface area contributed by atoms with E-state index in [2.05, 4.69) is 17.1 Å². The lowest BCUT2D eigenvalue weighted by atomic mass is 10.1. The van der Waals surface area contributed by atoms with Crippen molar-refractivity contribution in [2.24, 2.45) is 0 Å². The van der Waals surface area contributed by atoms with Crippen molar-refractivity contribution in [3.05, 3.63) is 51.3 Å². The lowest BCUT2D eigenvalue weighted by molar-refractivity contribution is 0.446. The third kappa shape index (κ3) is 3.35. The first kappa shape index (κ1) is 13.6. The molecule has 0 saturated heterocycles. The molecule has 0 fully saturated rings. The number of ether oxygens (including phenoxy) is 1. The maximum absolute atomic E-state index is 12.0. The van der Waals surface area contributed by atoms with Crippen LogP contribution in [0.5, 0.6) is 11.6 Å². The van der Waals surface area contributed by atoms with E-state index in [0.717, 1.165) is 12.8 Å². The summed E-state index contributed by atoms with van der Waals surface area (Å²) in [7, 11) is 0. The number of nitrogens with zero attached hydrogens (tertiary/aromatic N) is 1. The van der Waals surface area contributed by atoms with Crippen molar-refractivity contribution < 1.29 is 4.74 Å². The summed E-state index contributed by atoms with van der Waals surface area (Å²) in [5.74, 6) is 1.02. The highest BCUT2D eigenvalue weighted by Gasteiger charge is 2.13. The Kier molecular flexibility index (Phi) is 4.58. The lowest BCUT2D eigenvalue weighted by Gasteiger charge is -2.09. The molecule has 19 heavy (non-hydrogen) atoms. The van der Waals surface area contributed by atoms with Crippen LogP contribution >= 0.6 is 11.6 Å². The highest BCUT2D eigenvalue weighted by atomic mass is 35.5. The van der Waals surface area contributed by atoms with Gasteiger partial charge >= 0.3 is 0 Å². The zero-order valence-electron chi connectivity index (χ0n) is 10.6. The zero-order valence-corrected chi connectivity index (χ0v) is 11.4. The van der Waals surface area contributed by atoms with Gasteiger partial charge in [-0.05, 0) is 25.0 Å². The molecule has 0 radical (unpaired) electrons. The number of rotatable bonds is 5. The topological polar surface area (TPSA) is 55.0 Å². The van der Waals surface area contributed by atoms with E-state index < -0.39 is 0 Å². The Morgan fingerprint density at radius 3 is 2.74 bits per heavy atom. The molecule has 0 atom stereocenters. The fourth-order valence-electron chi connectivity index (χ4n) is 1.72. The molecule has 1 aromatic carbocycles. The number of aromatic amines is 1. The lowest BCUT2D eigenvalue weighted by Crippen LogP contribution is -2.14. The average molecular weight is 279 g/mol. The minimum Gasteiger partial charge on any atom is -0.439 e. The maximum Gasteiger partial charge on any atom is 0.226 e. The molecule has 1 heterocycles. The Morgan fingerprint density at radius 1 is 1.32 bits per heavy atom. The fraction of sp³-hybridized carbons (Fsp3) is 0.286. The second-order valence-electron chi connectivity index (χ2n) is 4.17. The van der Waals surface area contributed by atoms with Gasteiger partial charge in [0.15, 0.2) is 5.15 Å². The van der Waals surface area contributed by atoms with Crippen LogP contribution in [0.2, 0.25) is 5.15 Å². The van der Waals surface area contributed by atoms with Crippen LogP contribution in [0.15, 0.2) is 35.1 Å². The third-order valence-corrected chi connectivity index (χ3v) is 2.99. The molecular formula is C14H15ClN2O2. The molecule has 0 spiro atoms. The monoisotopic (exact) mass is 278 g/mol. The largest absolute Gasteiger partial charge is 0.439 e. The summed E-state index contributed by atoms with van der Waals surface area (Å²) < 4.78 is 5.67. The molecule has 1 aromatic heterocycles. The van der Waals surface area contributed by atoms with Gasteiger partial charge in [-0.15, -0.1) is 0 Å². The van der Waals surface area contributed by atoms with Crippen molar-refractivity contribution in [2.75, 3.05) is 0 Å². The highest BCUT2D eigenvalue weighted by molar-refractivity contribution is 6.29. The van der Waals surface area contributed by atoms with Crippen LogP contribution in [0, 0.1) is 0 Å². The maximum atomic E-state index is 12.0. The summed E-state index contributed by atoms with van der Waals surface area (Å²) in [5.41, 5.74) is 0.283. The molecule has 0 unspecified atom stereocenters. The second kappa shape index (κ2) is 6.38. The van der Waals surface area contributed by atoms with Gasteiger partial charge in [0.2, 0.25) is 11.3 Å². The summed E-state index contributed by atoms with van der Waals surface area (Å²) in [6.45, 7) is 2.06. The number of hydrogen-bond acceptors (Lipinski definition) is 3. The van der Waals surface area contributed by atoms with Crippen molar-refractivity contribution in [2.45, 2.75) is 26.2 Å². The molecule has 2 rings (SSSR count). The van der Waals surface area contributed by atoms with Crippen molar-refractivity contribution in [3.63, 3.8) is 0 Å². The van der Waals surface area contributed by atoms with Gasteiger partial charge in [0.1, 0.15) is 5.75 Å². The van der Waals surface area contributed by atoms with Crippen LogP contribution in [-0.4, -0.2) is 10.2 Å². The van der Waals surface area contributed by atoms with Gasteiger partial charge in [-0.1, -0.05) is 43.1 Å². The quantitative estimate of drug-likeness (QED) is 0.910. The SMILES string of the molecule is CCCCc1c(Oc2ccccc2)[nH]nc(Cl)c1=O. The number of nitrogens with one attached hydrogen (secondary N) is 1. The number of hydrogen-bond donors (Lipinski definition) is 1. The molecular weight excluding hydrogens is 264 g/mol. The summed E-state index contributed by atoms with van der Waals surface area (Å²) in [5, 5.41) is 6.40. The minimum absolute atomic E-state index is 0.0495. The van der Waals surface area contributed by atoms with Crippen molar-refractivity contribution >= 4 is 11.6 Å². The molecule has 0 bridgehead atoms. The van der Waals surface area contributed by atoms with Crippen LogP contribution in [-0.2, 0) is 6.42 Å². The van der Waals surface area contributed by atoms with Gasteiger partial charge in [0.05, 0.1) is 5.56 Å². The Balaban J connectivity index is 2.34. The van der Waals surface area contributed by atoms with Gasteiger partial charge in [-0.2, -0.15) is 5.10 Å². The first-order valence-corrected chi connectivity index (χ1v) is 6.60. The van der Waals surface area contributed by atoms with Crippen LogP contribution in [0.25, 0.3) is 0 Å². The van der Waals surface area contributed by atoms with Gasteiger partial charge in [0, 0.05) is 0 Å². The van der Waals surface area contributed by atoms with E-state index in [-0.39, 0.29) is 10.6 Å². The second-order valence-corrected chi connectivity index (χ2v) is 4.53. The molecule has 5 heteroatoms. The van der Waals surface area contributed by atoms with E-state index in [1.54, 1.807) is 0 Å². The van der Waals surface area contributed by atoms with E-state index in [4.69, 9.17) is 16.3 Å². The number of unbranched alkanes of at least 4 members (excludes halogenated alkanes) is 1. The van der Waals surface area contributed by atoms with Crippen molar-refractivity contribution in [3.8, 4) is 11.6 Å². The fourth-order valence-corrected chi connectivity index (χ4v) is 1.87. The van der Waals surface area contributed by atoms with E-state index in [1.807, 2.05) is 30.3 Å². The Hall–Kier alpha value is -1.81. The molecule has 0 aliphatic heterocycles. The third-order valence-electron chi connectivity index (χ3n) is 2.73. The van der Waals surface area contributed by atoms with E-state index in [0.29, 0.717) is 23.6 Å². The Morgan fingerprint density at radius 2 is 2.05 bits per heavy atom. The molecule has 4 nitrogen and oxygen atoms in total. The van der Waals surface area contributed by atoms with Crippen LogP contribution in [0.3, 0.4) is 0 Å². The van der Waals surface area contributed by atoms with Crippen molar-refractivity contribution in [1.29, 1.82) is 0 Å². The number of aromatic nitrogens is 2. The molecule has 0 aliphatic carbocycles. The molecule has 1 N–H and O–H groups in total. The molecule has 2 aromatic rings. The highest BCUT2D eigenvalue weighted by Crippen LogP contribution is 2.22. The van der Waals surface area contributed by atoms with Gasteiger partial charge in [0.25, 0.3) is 0 Å². The number of para-hydroxylation sites is 1. The van der Waals surface area contributed by atoms with Crippen LogP contribution in [0.4, 0.5) is 0 Å². The summed E-state index contributed by atoms with van der Waals surface area (Å²) >= 11 is 5.76. The van der Waals surface area contributed by atoms with Gasteiger partial charge in [-0.3, -0.25) is 4.79 Å². The standard InChI is InChI=1S/C14H15ClN2O2/c1-2-3-9-11-12(18)13(15)16-17-14(11)19-10-7-5-4-6-8-10/h4-8H,2-3,9H2,1H3,(H,17,18). The predicted octanol–water partition coefficient (Wildman–Crippen LogP) is 3.56. The predicted molar refractivity (Wildman–Crippen MR) is 75.0 cm³/mol. The van der Waals surface area contributed by atoms with Gasteiger partial charge < -0.3 is 4.74 Å². The number of H-pyrrole nitrogens is 1. The number of benzene rings is 1. The normalized spacial score (nSPS) is 10.4. The molecule has 0 amide bonds. The number of halogens is 1. The minimum atomic E-state index is -0.264. The molecule has 0 aliphatic rings. The average Bonchev–Trinajstić information content (AvgIpc) is 2.44. The smallest absolute Gasteiger partial charge is 0.226 e. The van der Waals surface area contributed by atoms with Crippen LogP contribution in [0.1, 0.15) is 25.3 Å². The Labute approximate surface area is 116 Å². The zero-order chi connectivity index (χ0) is 13.7. The van der Waals surface area contributed by atoms with Gasteiger partial charge in [-0.25, -0.2) is 5.10 Å². The summed E-state index contributed by atoms with van der Waals surface area (Å²) in [6.07, 6.45) is 2.51. The van der Waals surface area contributed by atoms with E-state index in [9.17, 15) is 4.79 Å². The Bertz CT molecular complexity index is 596. The summed E-state index contributed by atoms with van der Waals surface area (Å²) in [6, 6.07) is 9.26. The van der Waals surface area contributed by atoms with E-state index in [1.165, 1.54) is 0 Å². The molecule has 100 valence electrons. The van der Waals surface area contributed by atoms with Crippen molar-refractivity contribution in [1.82, 2.24) is 10.2 Å². The van der Waals surface area contributed by atoms with Crippen LogP contribution < -0.4 is 10.2 Å². The first-order chi connectivity index (χ1) is 9.22. The molecule has 0 saturated carbocycles. The first-order valence-electron chi connectivity index (χ1n) is 6.22. The van der Waals surface area contributed by atoms with E-state index >= 15 is 0 Å². The summed E-state index contributed by atoms with van der Waals surface area (Å²) in [4.78, 5) is 12.0.